The van der Waals surface area contributed by atoms with Crippen LogP contribution in [-0.4, -0.2) is 31.6 Å². The summed E-state index contributed by atoms with van der Waals surface area (Å²) in [5.74, 6) is -0.214. The van der Waals surface area contributed by atoms with Gasteiger partial charge in [0.25, 0.3) is 0 Å². The van der Waals surface area contributed by atoms with Crippen LogP contribution in [-0.2, 0) is 9.53 Å². The van der Waals surface area contributed by atoms with Crippen molar-refractivity contribution in [3.8, 4) is 0 Å². The van der Waals surface area contributed by atoms with E-state index >= 15 is 0 Å². The number of nitrogens with zero attached hydrogens (tertiary/aromatic N) is 1. The molecule has 0 N–H and O–H groups in total. The third-order valence-corrected chi connectivity index (χ3v) is 1.33. The Morgan fingerprint density at radius 2 is 2.00 bits per heavy atom. The molecule has 0 heterocycles. The molecule has 0 aliphatic carbocycles. The van der Waals surface area contributed by atoms with Gasteiger partial charge in [0.2, 0.25) is 0 Å². The van der Waals surface area contributed by atoms with E-state index in [4.69, 9.17) is 4.74 Å². The Morgan fingerprint density at radius 1 is 1.42 bits per heavy atom. The van der Waals surface area contributed by atoms with Crippen molar-refractivity contribution in [1.29, 1.82) is 0 Å². The van der Waals surface area contributed by atoms with Gasteiger partial charge in [-0.3, -0.25) is 0 Å². The molecule has 0 unspecified atom stereocenters. The molecule has 0 rings (SSSR count). The first-order valence-corrected chi connectivity index (χ1v) is 4.16. The Bertz CT molecular complexity index is 173. The number of carbonyl (C=O) groups excluding carboxylic acids is 1. The van der Waals surface area contributed by atoms with Crippen LogP contribution in [0.3, 0.4) is 0 Å². The lowest BCUT2D eigenvalue weighted by Crippen LogP contribution is -2.11. The third kappa shape index (κ3) is 4.01. The van der Waals surface area contributed by atoms with Crippen molar-refractivity contribution in [1.82, 2.24) is 4.90 Å². The Kier molecular flexibility index (Phi) is 5.17. The van der Waals surface area contributed by atoms with Crippen LogP contribution in [0.25, 0.3) is 0 Å². The number of rotatable bonds is 4. The van der Waals surface area contributed by atoms with E-state index < -0.39 is 0 Å². The molecule has 0 atom stereocenters. The molecule has 0 fully saturated rings. The van der Waals surface area contributed by atoms with E-state index in [0.29, 0.717) is 18.6 Å². The molecule has 0 aromatic carbocycles. The second kappa shape index (κ2) is 5.63. The van der Waals surface area contributed by atoms with Crippen LogP contribution >= 0.6 is 0 Å². The fourth-order valence-electron chi connectivity index (χ4n) is 0.824. The van der Waals surface area contributed by atoms with Gasteiger partial charge in [-0.2, -0.15) is 0 Å². The zero-order chi connectivity index (χ0) is 9.56. The molecular weight excluding hydrogens is 154 g/mol. The van der Waals surface area contributed by atoms with Crippen LogP contribution < -0.4 is 0 Å². The minimum atomic E-state index is -0.214. The van der Waals surface area contributed by atoms with Gasteiger partial charge >= 0.3 is 5.97 Å². The van der Waals surface area contributed by atoms with Crippen molar-refractivity contribution >= 4 is 5.97 Å². The van der Waals surface area contributed by atoms with E-state index in [1.165, 1.54) is 0 Å². The molecule has 3 nitrogen and oxygen atoms in total. The van der Waals surface area contributed by atoms with Crippen molar-refractivity contribution < 1.29 is 9.53 Å². The number of carbonyl (C=O) groups is 1. The summed E-state index contributed by atoms with van der Waals surface area (Å²) in [4.78, 5) is 13.0. The normalized spacial score (nSPS) is 11.2. The summed E-state index contributed by atoms with van der Waals surface area (Å²) >= 11 is 0. The van der Waals surface area contributed by atoms with Gasteiger partial charge in [0.1, 0.15) is 0 Å². The molecular formula is C9H17NO2. The van der Waals surface area contributed by atoms with Crippen molar-refractivity contribution in [2.45, 2.75) is 20.3 Å². The predicted molar refractivity (Wildman–Crippen MR) is 48.7 cm³/mol. The number of hydrogen-bond donors (Lipinski definition) is 0. The predicted octanol–water partition coefficient (Wildman–Crippen LogP) is 1.41. The van der Waals surface area contributed by atoms with E-state index in [1.54, 1.807) is 13.1 Å². The van der Waals surface area contributed by atoms with Gasteiger partial charge in [-0.15, -0.1) is 0 Å². The molecule has 0 bridgehead atoms. The van der Waals surface area contributed by atoms with Crippen molar-refractivity contribution in [3.05, 3.63) is 11.8 Å². The highest BCUT2D eigenvalue weighted by molar-refractivity contribution is 5.88. The SMILES string of the molecule is CCOC(=O)C(=CN(C)C)CC. The Balaban J connectivity index is 4.23. The fourth-order valence-corrected chi connectivity index (χ4v) is 0.824. The van der Waals surface area contributed by atoms with Crippen molar-refractivity contribution in [3.63, 3.8) is 0 Å². The van der Waals surface area contributed by atoms with Crippen LogP contribution in [0.5, 0.6) is 0 Å². The summed E-state index contributed by atoms with van der Waals surface area (Å²) in [6, 6.07) is 0. The molecule has 3 heteroatoms. The summed E-state index contributed by atoms with van der Waals surface area (Å²) in [6.45, 7) is 4.18. The Morgan fingerprint density at radius 3 is 2.33 bits per heavy atom. The van der Waals surface area contributed by atoms with Gasteiger partial charge in [0.15, 0.2) is 0 Å². The summed E-state index contributed by atoms with van der Waals surface area (Å²) in [6.07, 6.45) is 2.50. The van der Waals surface area contributed by atoms with Crippen LogP contribution in [0.1, 0.15) is 20.3 Å². The second-order valence-electron chi connectivity index (χ2n) is 2.69. The topological polar surface area (TPSA) is 29.5 Å². The van der Waals surface area contributed by atoms with Gasteiger partial charge in [0.05, 0.1) is 12.2 Å². The first-order chi connectivity index (χ1) is 5.61. The smallest absolute Gasteiger partial charge is 0.335 e. The summed E-state index contributed by atoms with van der Waals surface area (Å²) < 4.78 is 4.86. The average Bonchev–Trinajstić information content (AvgIpc) is 2.00. The second-order valence-corrected chi connectivity index (χ2v) is 2.69. The van der Waals surface area contributed by atoms with E-state index in [9.17, 15) is 4.79 Å². The quantitative estimate of drug-likeness (QED) is 0.473. The van der Waals surface area contributed by atoms with Crippen molar-refractivity contribution in [2.24, 2.45) is 0 Å². The number of ether oxygens (including phenoxy) is 1. The van der Waals surface area contributed by atoms with Crippen LogP contribution in [0.15, 0.2) is 11.8 Å². The largest absolute Gasteiger partial charge is 0.463 e. The molecule has 70 valence electrons. The lowest BCUT2D eigenvalue weighted by molar-refractivity contribution is -0.138. The standard InChI is InChI=1S/C9H17NO2/c1-5-8(7-10(3)4)9(11)12-6-2/h7H,5-6H2,1-4H3. The molecule has 0 aliphatic rings. The minimum absolute atomic E-state index is 0.214. The maximum Gasteiger partial charge on any atom is 0.335 e. The van der Waals surface area contributed by atoms with E-state index in [2.05, 4.69) is 0 Å². The Hall–Kier alpha value is -0.990. The lowest BCUT2D eigenvalue weighted by Gasteiger charge is -2.09. The number of hydrogen-bond acceptors (Lipinski definition) is 3. The summed E-state index contributed by atoms with van der Waals surface area (Å²) in [5.41, 5.74) is 0.710. The van der Waals surface area contributed by atoms with Crippen LogP contribution in [0.4, 0.5) is 0 Å². The molecule has 0 amide bonds. The van der Waals surface area contributed by atoms with E-state index in [-0.39, 0.29) is 5.97 Å². The van der Waals surface area contributed by atoms with Crippen LogP contribution in [0, 0.1) is 0 Å². The maximum absolute atomic E-state index is 11.2. The van der Waals surface area contributed by atoms with Gasteiger partial charge in [-0.1, -0.05) is 6.92 Å². The fraction of sp³-hybridized carbons (Fsp3) is 0.667. The minimum Gasteiger partial charge on any atom is -0.463 e. The maximum atomic E-state index is 11.2. The number of esters is 1. The summed E-state index contributed by atoms with van der Waals surface area (Å²) in [5, 5.41) is 0. The highest BCUT2D eigenvalue weighted by Gasteiger charge is 2.07. The van der Waals surface area contributed by atoms with Crippen molar-refractivity contribution in [2.75, 3.05) is 20.7 Å². The molecule has 0 saturated heterocycles. The summed E-state index contributed by atoms with van der Waals surface area (Å²) in [7, 11) is 3.77. The van der Waals surface area contributed by atoms with Gasteiger partial charge < -0.3 is 9.64 Å². The van der Waals surface area contributed by atoms with Gasteiger partial charge in [-0.25, -0.2) is 4.79 Å². The molecule has 0 radical (unpaired) electrons. The first kappa shape index (κ1) is 11.0. The molecule has 0 aliphatic heterocycles. The highest BCUT2D eigenvalue weighted by Crippen LogP contribution is 2.03. The first-order valence-electron chi connectivity index (χ1n) is 4.16. The third-order valence-electron chi connectivity index (χ3n) is 1.33. The monoisotopic (exact) mass is 171 g/mol. The molecule has 0 aromatic rings. The van der Waals surface area contributed by atoms with Gasteiger partial charge in [-0.05, 0) is 13.3 Å². The zero-order valence-electron chi connectivity index (χ0n) is 8.26. The lowest BCUT2D eigenvalue weighted by atomic mass is 10.2. The van der Waals surface area contributed by atoms with Gasteiger partial charge in [0, 0.05) is 20.3 Å². The molecule has 12 heavy (non-hydrogen) atoms. The molecule has 0 saturated carbocycles. The average molecular weight is 171 g/mol. The Labute approximate surface area is 74.0 Å². The zero-order valence-corrected chi connectivity index (χ0v) is 8.26. The highest BCUT2D eigenvalue weighted by atomic mass is 16.5. The van der Waals surface area contributed by atoms with Crippen LogP contribution in [0.2, 0.25) is 0 Å². The molecule has 0 spiro atoms. The van der Waals surface area contributed by atoms with E-state index in [1.807, 2.05) is 25.9 Å². The molecule has 0 aromatic heterocycles. The van der Waals surface area contributed by atoms with E-state index in [0.717, 1.165) is 0 Å².